The zero-order valence-electron chi connectivity index (χ0n) is 3.47. The smallest absolute Gasteiger partial charge is 0.188 e. The van der Waals surface area contributed by atoms with Gasteiger partial charge >= 0.3 is 0 Å². The average molecular weight is 80.9 g/mol. The first-order valence-electron chi connectivity index (χ1n) is 1.71. The van der Waals surface area contributed by atoms with E-state index >= 15 is 0 Å². The highest BCUT2D eigenvalue weighted by Crippen LogP contribution is 1.49. The third-order valence-corrected chi connectivity index (χ3v) is 0.535. The maximum absolute atomic E-state index is 3.75. The quantitative estimate of drug-likeness (QED) is 0.369. The summed E-state index contributed by atoms with van der Waals surface area (Å²) in [6.45, 7) is 0. The van der Waals surface area contributed by atoms with E-state index < -0.39 is 0 Å². The largest absolute Gasteiger partial charge is 0.273 e. The number of aromatic nitrogens is 3. The predicted octanol–water partition coefficient (Wildman–Crippen LogP) is -1.94. The fourth-order valence-corrected chi connectivity index (χ4v) is 0.267. The molecule has 4 heteroatoms. The first-order chi connectivity index (χ1) is 2.89. The molecule has 1 aromatic rings. The van der Waals surface area contributed by atoms with E-state index in [-0.39, 0.29) is 0 Å². The van der Waals surface area contributed by atoms with Crippen molar-refractivity contribution >= 4 is 13.6 Å². The molecule has 0 fully saturated rings. The molecule has 0 spiro atoms. The molecule has 0 atom stereocenters. The molecule has 1 rings (SSSR count). The lowest BCUT2D eigenvalue weighted by Crippen LogP contribution is -2.05. The monoisotopic (exact) mass is 81.0 g/mol. The van der Waals surface area contributed by atoms with Crippen LogP contribution in [0, 0.1) is 0 Å². The van der Waals surface area contributed by atoms with E-state index in [2.05, 4.69) is 15.2 Å². The van der Waals surface area contributed by atoms with Gasteiger partial charge in [0.05, 0.1) is 5.72 Å². The molecule has 1 N–H and O–H groups in total. The van der Waals surface area contributed by atoms with Gasteiger partial charge in [-0.25, -0.2) is 4.98 Å². The summed E-state index contributed by atoms with van der Waals surface area (Å²) in [6, 6.07) is 0. The van der Waals surface area contributed by atoms with Crippen LogP contribution in [0.15, 0.2) is 6.33 Å². The summed E-state index contributed by atoms with van der Waals surface area (Å²) in [4.78, 5) is 3.75. The Morgan fingerprint density at radius 2 is 2.67 bits per heavy atom. The summed E-state index contributed by atoms with van der Waals surface area (Å²) < 4.78 is 0. The van der Waals surface area contributed by atoms with Crippen molar-refractivity contribution in [3.63, 3.8) is 0 Å². The van der Waals surface area contributed by atoms with E-state index in [1.165, 1.54) is 6.33 Å². The van der Waals surface area contributed by atoms with Crippen LogP contribution in [0.3, 0.4) is 0 Å². The average Bonchev–Trinajstić information content (AvgIpc) is 1.86. The molecule has 0 saturated carbocycles. The second kappa shape index (κ2) is 1.12. The number of H-pyrrole nitrogens is 1. The van der Waals surface area contributed by atoms with Gasteiger partial charge in [0.1, 0.15) is 6.33 Å². The zero-order chi connectivity index (χ0) is 4.41. The number of hydrogen-bond donors (Lipinski definition) is 1. The normalized spacial score (nSPS) is 8.67. The van der Waals surface area contributed by atoms with Gasteiger partial charge in [0.2, 0.25) is 0 Å². The topological polar surface area (TPSA) is 41.6 Å². The van der Waals surface area contributed by atoms with Gasteiger partial charge in [-0.2, -0.15) is 5.10 Å². The van der Waals surface area contributed by atoms with Gasteiger partial charge in [-0.1, -0.05) is 0 Å². The van der Waals surface area contributed by atoms with Gasteiger partial charge in [-0.05, 0) is 0 Å². The Bertz CT molecular complexity index is 112. The molecule has 30 valence electrons. The molecular weight excluding hydrogens is 76.9 g/mol. The van der Waals surface area contributed by atoms with Crippen LogP contribution in [0.1, 0.15) is 0 Å². The first kappa shape index (κ1) is 3.40. The highest BCUT2D eigenvalue weighted by Gasteiger charge is 1.75. The highest BCUT2D eigenvalue weighted by atomic mass is 15.2. The Balaban J connectivity index is 3.05. The van der Waals surface area contributed by atoms with Gasteiger partial charge < -0.3 is 0 Å². The molecule has 0 aliphatic carbocycles. The van der Waals surface area contributed by atoms with Gasteiger partial charge in [0.15, 0.2) is 7.85 Å². The van der Waals surface area contributed by atoms with Crippen LogP contribution in [-0.2, 0) is 0 Å². The molecule has 0 aromatic carbocycles. The van der Waals surface area contributed by atoms with E-state index in [4.69, 9.17) is 0 Å². The summed E-state index contributed by atoms with van der Waals surface area (Å²) in [6.07, 6.45) is 1.48. The maximum Gasteiger partial charge on any atom is 0.188 e. The molecule has 1 aromatic heterocycles. The van der Waals surface area contributed by atoms with E-state index in [0.717, 1.165) is 5.72 Å². The lowest BCUT2D eigenvalue weighted by atomic mass is 10.1. The van der Waals surface area contributed by atoms with Crippen molar-refractivity contribution < 1.29 is 0 Å². The van der Waals surface area contributed by atoms with Crippen LogP contribution in [0.4, 0.5) is 0 Å². The molecule has 0 aliphatic rings. The van der Waals surface area contributed by atoms with Crippen LogP contribution in [0.5, 0.6) is 0 Å². The van der Waals surface area contributed by atoms with Crippen LogP contribution >= 0.6 is 0 Å². The van der Waals surface area contributed by atoms with E-state index in [0.29, 0.717) is 0 Å². The zero-order valence-corrected chi connectivity index (χ0v) is 3.47. The summed E-state index contributed by atoms with van der Waals surface area (Å²) >= 11 is 0. The van der Waals surface area contributed by atoms with Crippen LogP contribution in [0.25, 0.3) is 0 Å². The number of hydrogen-bond acceptors (Lipinski definition) is 2. The van der Waals surface area contributed by atoms with E-state index in [1.54, 1.807) is 0 Å². The molecule has 0 aliphatic heterocycles. The van der Waals surface area contributed by atoms with E-state index in [9.17, 15) is 0 Å². The second-order valence-electron chi connectivity index (χ2n) is 1.07. The number of nitrogens with one attached hydrogen (secondary N) is 1. The molecule has 0 radical (unpaired) electrons. The summed E-state index contributed by atoms with van der Waals surface area (Å²) in [5.41, 5.74) is 0.856. The lowest BCUT2D eigenvalue weighted by Gasteiger charge is -1.66. The van der Waals surface area contributed by atoms with Crippen molar-refractivity contribution in [3.05, 3.63) is 6.33 Å². The molecule has 3 nitrogen and oxygen atoms in total. The Kier molecular flexibility index (Phi) is 0.635. The van der Waals surface area contributed by atoms with E-state index in [1.807, 2.05) is 7.85 Å². The lowest BCUT2D eigenvalue weighted by molar-refractivity contribution is 1.11. The Hall–Kier alpha value is -0.795. The first-order valence-corrected chi connectivity index (χ1v) is 1.71. The fraction of sp³-hybridized carbons (Fsp3) is 0. The molecule has 0 bridgehead atoms. The standard InChI is InChI=1S/C2H4BN3/c3-2-4-1-5-6-2/h1H,3H2,(H,4,5,6). The van der Waals surface area contributed by atoms with Gasteiger partial charge in [0.25, 0.3) is 0 Å². The summed E-state index contributed by atoms with van der Waals surface area (Å²) in [5, 5.41) is 6.22. The van der Waals surface area contributed by atoms with Crippen molar-refractivity contribution in [1.29, 1.82) is 0 Å². The highest BCUT2D eigenvalue weighted by molar-refractivity contribution is 6.28. The van der Waals surface area contributed by atoms with Crippen molar-refractivity contribution in [2.75, 3.05) is 0 Å². The van der Waals surface area contributed by atoms with Crippen molar-refractivity contribution in [2.24, 2.45) is 0 Å². The van der Waals surface area contributed by atoms with Crippen molar-refractivity contribution in [1.82, 2.24) is 15.2 Å². The molecular formula is C2H4BN3. The van der Waals surface area contributed by atoms with Gasteiger partial charge in [-0.15, -0.1) is 0 Å². The van der Waals surface area contributed by atoms with Crippen molar-refractivity contribution in [2.45, 2.75) is 0 Å². The minimum Gasteiger partial charge on any atom is -0.273 e. The van der Waals surface area contributed by atoms with Gasteiger partial charge in [-0.3, -0.25) is 5.10 Å². The third-order valence-electron chi connectivity index (χ3n) is 0.535. The molecule has 0 unspecified atom stereocenters. The number of rotatable bonds is 0. The maximum atomic E-state index is 3.75. The predicted molar refractivity (Wildman–Crippen MR) is 24.6 cm³/mol. The Labute approximate surface area is 36.2 Å². The second-order valence-corrected chi connectivity index (χ2v) is 1.07. The number of aromatic amines is 1. The molecule has 6 heavy (non-hydrogen) atoms. The van der Waals surface area contributed by atoms with Crippen LogP contribution in [-0.4, -0.2) is 23.0 Å². The number of nitrogens with zero attached hydrogens (tertiary/aromatic N) is 2. The molecule has 1 heterocycles. The van der Waals surface area contributed by atoms with Crippen LogP contribution < -0.4 is 5.72 Å². The Morgan fingerprint density at radius 3 is 2.83 bits per heavy atom. The fourth-order valence-electron chi connectivity index (χ4n) is 0.267. The van der Waals surface area contributed by atoms with Crippen molar-refractivity contribution in [3.8, 4) is 0 Å². The SMILES string of the molecule is Bc1ncn[nH]1. The summed E-state index contributed by atoms with van der Waals surface area (Å²) in [7, 11) is 1.85. The third kappa shape index (κ3) is 0.405. The molecule has 0 amide bonds. The minimum absolute atomic E-state index is 0.856. The summed E-state index contributed by atoms with van der Waals surface area (Å²) in [5.74, 6) is 0. The Morgan fingerprint density at radius 1 is 1.83 bits per heavy atom. The minimum atomic E-state index is 0.856. The van der Waals surface area contributed by atoms with Crippen LogP contribution in [0.2, 0.25) is 0 Å². The molecule has 0 saturated heterocycles. The van der Waals surface area contributed by atoms with Gasteiger partial charge in [0, 0.05) is 0 Å².